The Bertz CT molecular complexity index is 218. The molecule has 2 fully saturated rings. The highest BCUT2D eigenvalue weighted by Gasteiger charge is 2.40. The largest absolute Gasteiger partial charge is 0.390 e. The Morgan fingerprint density at radius 1 is 1.31 bits per heavy atom. The van der Waals surface area contributed by atoms with Gasteiger partial charge in [0, 0.05) is 12.1 Å². The highest BCUT2D eigenvalue weighted by atomic mass is 16.5. The van der Waals surface area contributed by atoms with Crippen LogP contribution in [0.2, 0.25) is 0 Å². The lowest BCUT2D eigenvalue weighted by Gasteiger charge is -2.45. The molecule has 0 aliphatic carbocycles. The van der Waals surface area contributed by atoms with E-state index >= 15 is 0 Å². The van der Waals surface area contributed by atoms with Crippen LogP contribution >= 0.6 is 0 Å². The van der Waals surface area contributed by atoms with E-state index < -0.39 is 5.60 Å². The Morgan fingerprint density at radius 3 is 2.50 bits per heavy atom. The van der Waals surface area contributed by atoms with Crippen LogP contribution in [0.5, 0.6) is 0 Å². The molecule has 2 N–H and O–H groups in total. The summed E-state index contributed by atoms with van der Waals surface area (Å²) in [5.74, 6) is 0.744. The number of hydrogen-bond acceptors (Lipinski definition) is 3. The monoisotopic (exact) mass is 227 g/mol. The standard InChI is InChI=1S/C13H25NO2/c1-10(2)4-3-5-13(15)6-11-8-16-9-12(7-13)14-11/h10-12,14-15H,3-9H2,1-2H3. The van der Waals surface area contributed by atoms with Crippen molar-refractivity contribution in [3.05, 3.63) is 0 Å². The summed E-state index contributed by atoms with van der Waals surface area (Å²) in [6.45, 7) is 6.02. The maximum atomic E-state index is 10.6. The molecule has 2 unspecified atom stereocenters. The summed E-state index contributed by atoms with van der Waals surface area (Å²) in [6.07, 6.45) is 5.05. The first-order chi connectivity index (χ1) is 7.57. The molecule has 0 spiro atoms. The van der Waals surface area contributed by atoms with Gasteiger partial charge < -0.3 is 15.2 Å². The van der Waals surface area contributed by atoms with Crippen LogP contribution in [0, 0.1) is 5.92 Å². The molecular weight excluding hydrogens is 202 g/mol. The summed E-state index contributed by atoms with van der Waals surface area (Å²) in [4.78, 5) is 0. The van der Waals surface area contributed by atoms with Crippen LogP contribution in [-0.4, -0.2) is 36.0 Å². The van der Waals surface area contributed by atoms with Gasteiger partial charge in [0.15, 0.2) is 0 Å². The molecule has 3 heteroatoms. The van der Waals surface area contributed by atoms with E-state index in [2.05, 4.69) is 19.2 Å². The highest BCUT2D eigenvalue weighted by molar-refractivity contribution is 4.97. The third-order valence-electron chi connectivity index (χ3n) is 3.79. The fraction of sp³-hybridized carbons (Fsp3) is 1.00. The third-order valence-corrected chi connectivity index (χ3v) is 3.79. The number of piperidine rings is 1. The molecule has 2 rings (SSSR count). The lowest BCUT2D eigenvalue weighted by molar-refractivity contribution is -0.0810. The fourth-order valence-corrected chi connectivity index (χ4v) is 3.06. The quantitative estimate of drug-likeness (QED) is 0.768. The van der Waals surface area contributed by atoms with E-state index in [1.54, 1.807) is 0 Å². The van der Waals surface area contributed by atoms with Crippen LogP contribution in [0.1, 0.15) is 46.0 Å². The molecule has 0 radical (unpaired) electrons. The van der Waals surface area contributed by atoms with E-state index in [1.165, 1.54) is 6.42 Å². The summed E-state index contributed by atoms with van der Waals surface area (Å²) < 4.78 is 5.50. The molecule has 2 atom stereocenters. The number of morpholine rings is 1. The third kappa shape index (κ3) is 3.19. The number of nitrogens with one attached hydrogen (secondary N) is 1. The van der Waals surface area contributed by atoms with Crippen molar-refractivity contribution in [2.45, 2.75) is 63.6 Å². The summed E-state index contributed by atoms with van der Waals surface area (Å²) in [5, 5.41) is 14.1. The lowest BCUT2D eigenvalue weighted by atomic mass is 9.79. The Balaban J connectivity index is 1.82. The molecule has 16 heavy (non-hydrogen) atoms. The Morgan fingerprint density at radius 2 is 1.94 bits per heavy atom. The van der Waals surface area contributed by atoms with Gasteiger partial charge >= 0.3 is 0 Å². The van der Waals surface area contributed by atoms with E-state index in [9.17, 15) is 5.11 Å². The highest BCUT2D eigenvalue weighted by Crippen LogP contribution is 2.32. The van der Waals surface area contributed by atoms with Crippen molar-refractivity contribution in [3.63, 3.8) is 0 Å². The molecule has 2 aliphatic rings. The maximum Gasteiger partial charge on any atom is 0.0679 e. The Hall–Kier alpha value is -0.120. The average Bonchev–Trinajstić information content (AvgIpc) is 2.15. The van der Waals surface area contributed by atoms with Gasteiger partial charge in [0.1, 0.15) is 0 Å². The van der Waals surface area contributed by atoms with E-state index in [4.69, 9.17) is 4.74 Å². The molecule has 0 aromatic heterocycles. The summed E-state index contributed by atoms with van der Waals surface area (Å²) in [5.41, 5.74) is -0.431. The average molecular weight is 227 g/mol. The minimum atomic E-state index is -0.431. The number of rotatable bonds is 4. The topological polar surface area (TPSA) is 41.5 Å². The molecule has 94 valence electrons. The molecule has 0 saturated carbocycles. The van der Waals surface area contributed by atoms with Gasteiger partial charge in [-0.25, -0.2) is 0 Å². The minimum absolute atomic E-state index is 0.372. The van der Waals surface area contributed by atoms with Gasteiger partial charge in [-0.05, 0) is 25.2 Å². The van der Waals surface area contributed by atoms with Crippen molar-refractivity contribution in [1.82, 2.24) is 5.32 Å². The Kier molecular flexibility index (Phi) is 3.88. The molecule has 0 aromatic carbocycles. The van der Waals surface area contributed by atoms with Gasteiger partial charge in [-0.15, -0.1) is 0 Å². The second kappa shape index (κ2) is 5.03. The fourth-order valence-electron chi connectivity index (χ4n) is 3.06. The summed E-state index contributed by atoms with van der Waals surface area (Å²) >= 11 is 0. The first-order valence-electron chi connectivity index (χ1n) is 6.63. The van der Waals surface area contributed by atoms with Crippen molar-refractivity contribution in [3.8, 4) is 0 Å². The van der Waals surface area contributed by atoms with Gasteiger partial charge in [0.25, 0.3) is 0 Å². The molecule has 2 aliphatic heterocycles. The SMILES string of the molecule is CC(C)CCCC1(O)CC2COCC(C1)N2. The van der Waals surface area contributed by atoms with Crippen LogP contribution in [0.25, 0.3) is 0 Å². The van der Waals surface area contributed by atoms with E-state index in [-0.39, 0.29) is 0 Å². The summed E-state index contributed by atoms with van der Waals surface area (Å²) in [6, 6.07) is 0.744. The predicted molar refractivity (Wildman–Crippen MR) is 64.4 cm³/mol. The van der Waals surface area contributed by atoms with Crippen LogP contribution in [0.4, 0.5) is 0 Å². The lowest BCUT2D eigenvalue weighted by Crippen LogP contribution is -2.59. The molecule has 0 amide bonds. The van der Waals surface area contributed by atoms with E-state index in [0.29, 0.717) is 12.1 Å². The van der Waals surface area contributed by atoms with Crippen molar-refractivity contribution >= 4 is 0 Å². The molecule has 3 nitrogen and oxygen atoms in total. The van der Waals surface area contributed by atoms with Gasteiger partial charge in [-0.3, -0.25) is 0 Å². The second-order valence-corrected chi connectivity index (χ2v) is 6.02. The number of fused-ring (bicyclic) bond motifs is 2. The van der Waals surface area contributed by atoms with Gasteiger partial charge in [0.05, 0.1) is 18.8 Å². The van der Waals surface area contributed by atoms with Crippen molar-refractivity contribution in [1.29, 1.82) is 0 Å². The molecule has 2 heterocycles. The van der Waals surface area contributed by atoms with Gasteiger partial charge in [0.2, 0.25) is 0 Å². The predicted octanol–water partition coefficient (Wildman–Crippen LogP) is 1.69. The smallest absolute Gasteiger partial charge is 0.0679 e. The molecule has 2 bridgehead atoms. The van der Waals surface area contributed by atoms with Crippen molar-refractivity contribution in [2.75, 3.05) is 13.2 Å². The molecular formula is C13H25NO2. The zero-order valence-electron chi connectivity index (χ0n) is 10.5. The first-order valence-corrected chi connectivity index (χ1v) is 6.63. The normalized spacial score (nSPS) is 39.0. The first kappa shape index (κ1) is 12.3. The van der Waals surface area contributed by atoms with Gasteiger partial charge in [-0.1, -0.05) is 26.7 Å². The van der Waals surface area contributed by atoms with Crippen LogP contribution < -0.4 is 5.32 Å². The zero-order chi connectivity index (χ0) is 11.6. The van der Waals surface area contributed by atoms with Gasteiger partial charge in [-0.2, -0.15) is 0 Å². The summed E-state index contributed by atoms with van der Waals surface area (Å²) in [7, 11) is 0. The zero-order valence-corrected chi connectivity index (χ0v) is 10.5. The van der Waals surface area contributed by atoms with Crippen LogP contribution in [0.15, 0.2) is 0 Å². The van der Waals surface area contributed by atoms with E-state index in [0.717, 1.165) is 44.8 Å². The van der Waals surface area contributed by atoms with Crippen molar-refractivity contribution in [2.24, 2.45) is 5.92 Å². The Labute approximate surface area is 98.6 Å². The minimum Gasteiger partial charge on any atom is -0.390 e. The van der Waals surface area contributed by atoms with Crippen LogP contribution in [-0.2, 0) is 4.74 Å². The maximum absolute atomic E-state index is 10.6. The number of aliphatic hydroxyl groups is 1. The van der Waals surface area contributed by atoms with Crippen LogP contribution in [0.3, 0.4) is 0 Å². The molecule has 2 saturated heterocycles. The number of ether oxygens (including phenoxy) is 1. The second-order valence-electron chi connectivity index (χ2n) is 6.02. The molecule has 0 aromatic rings. The van der Waals surface area contributed by atoms with Crippen molar-refractivity contribution < 1.29 is 9.84 Å². The number of hydrogen-bond donors (Lipinski definition) is 2. The van der Waals surface area contributed by atoms with E-state index in [1.807, 2.05) is 0 Å².